The summed E-state index contributed by atoms with van der Waals surface area (Å²) >= 11 is 0. The quantitative estimate of drug-likeness (QED) is 0.689. The molecule has 1 aliphatic carbocycles. The van der Waals surface area contributed by atoms with Crippen LogP contribution in [0.1, 0.15) is 34.2 Å². The Hall–Kier alpha value is -2.94. The van der Waals surface area contributed by atoms with E-state index < -0.39 is 0 Å². The lowest BCUT2D eigenvalue weighted by molar-refractivity contribution is 0.440. The molecule has 0 amide bonds. The lowest BCUT2D eigenvalue weighted by atomic mass is 9.92. The molecule has 2 aliphatic rings. The molecule has 3 aromatic rings. The second kappa shape index (κ2) is 5.78. The zero-order valence-electron chi connectivity index (χ0n) is 15.5. The van der Waals surface area contributed by atoms with E-state index in [1.807, 2.05) is 18.2 Å². The Morgan fingerprint density at radius 1 is 0.778 bits per heavy atom. The van der Waals surface area contributed by atoms with Gasteiger partial charge in [-0.2, -0.15) is 0 Å². The molecule has 3 nitrogen and oxygen atoms in total. The van der Waals surface area contributed by atoms with Crippen LogP contribution in [-0.4, -0.2) is 16.3 Å². The van der Waals surface area contributed by atoms with Crippen LogP contribution >= 0.6 is 0 Å². The van der Waals surface area contributed by atoms with Crippen molar-refractivity contribution >= 4 is 5.69 Å². The second-order valence-corrected chi connectivity index (χ2v) is 7.87. The molecule has 3 aromatic carbocycles. The second-order valence-electron chi connectivity index (χ2n) is 7.87. The van der Waals surface area contributed by atoms with Crippen molar-refractivity contribution in [3.8, 4) is 11.5 Å². The van der Waals surface area contributed by atoms with Gasteiger partial charge in [-0.1, -0.05) is 36.4 Å². The number of benzene rings is 3. The van der Waals surface area contributed by atoms with Gasteiger partial charge in [-0.15, -0.1) is 0 Å². The van der Waals surface area contributed by atoms with Crippen LogP contribution in [0, 0.1) is 19.8 Å². The van der Waals surface area contributed by atoms with Crippen molar-refractivity contribution in [3.05, 3.63) is 89.0 Å². The Kier molecular flexibility index (Phi) is 3.48. The summed E-state index contributed by atoms with van der Waals surface area (Å²) in [5.41, 5.74) is 6.13. The van der Waals surface area contributed by atoms with Crippen molar-refractivity contribution in [1.82, 2.24) is 0 Å². The van der Waals surface area contributed by atoms with Crippen LogP contribution in [0.3, 0.4) is 0 Å². The lowest BCUT2D eigenvalue weighted by Crippen LogP contribution is -2.43. The smallest absolute Gasteiger partial charge is 0.115 e. The molecule has 1 aliphatic heterocycles. The fourth-order valence-corrected chi connectivity index (χ4v) is 5.03. The number of phenols is 2. The zero-order chi connectivity index (χ0) is 18.7. The molecular formula is C24H23NO2. The van der Waals surface area contributed by atoms with E-state index in [2.05, 4.69) is 55.1 Å². The van der Waals surface area contributed by atoms with Gasteiger partial charge in [0, 0.05) is 23.6 Å². The highest BCUT2D eigenvalue weighted by atomic mass is 16.3. The highest BCUT2D eigenvalue weighted by molar-refractivity contribution is 5.66. The number of nitrogens with zero attached hydrogens (tertiary/aromatic N) is 1. The van der Waals surface area contributed by atoms with Gasteiger partial charge in [-0.25, -0.2) is 0 Å². The Morgan fingerprint density at radius 3 is 2.11 bits per heavy atom. The first kappa shape index (κ1) is 16.2. The Labute approximate surface area is 159 Å². The lowest BCUT2D eigenvalue weighted by Gasteiger charge is -2.43. The molecule has 0 aromatic heterocycles. The van der Waals surface area contributed by atoms with E-state index in [-0.39, 0.29) is 0 Å². The highest BCUT2D eigenvalue weighted by Crippen LogP contribution is 2.70. The topological polar surface area (TPSA) is 43.7 Å². The largest absolute Gasteiger partial charge is 0.508 e. The number of phenolic OH excluding ortho intramolecular Hbond substituents is 2. The van der Waals surface area contributed by atoms with Crippen molar-refractivity contribution in [2.45, 2.75) is 31.8 Å². The van der Waals surface area contributed by atoms with Gasteiger partial charge < -0.3 is 15.1 Å². The number of aromatic hydroxyl groups is 2. The molecule has 1 saturated carbocycles. The van der Waals surface area contributed by atoms with Crippen LogP contribution in [0.2, 0.25) is 0 Å². The van der Waals surface area contributed by atoms with Gasteiger partial charge >= 0.3 is 0 Å². The fraction of sp³-hybridized carbons (Fsp3) is 0.250. The molecule has 1 heterocycles. The molecule has 3 heteroatoms. The van der Waals surface area contributed by atoms with Gasteiger partial charge in [0.1, 0.15) is 11.5 Å². The minimum absolute atomic E-state index is 0.311. The molecule has 4 atom stereocenters. The summed E-state index contributed by atoms with van der Waals surface area (Å²) < 4.78 is 0. The van der Waals surface area contributed by atoms with Crippen molar-refractivity contribution in [3.63, 3.8) is 0 Å². The van der Waals surface area contributed by atoms with Gasteiger partial charge in [-0.05, 0) is 66.4 Å². The summed E-state index contributed by atoms with van der Waals surface area (Å²) in [6, 6.07) is 22.9. The number of hydrogen-bond acceptors (Lipinski definition) is 3. The minimum atomic E-state index is 0.311. The van der Waals surface area contributed by atoms with E-state index in [1.165, 1.54) is 16.8 Å². The first-order chi connectivity index (χ1) is 13.1. The van der Waals surface area contributed by atoms with E-state index in [1.54, 1.807) is 12.1 Å². The van der Waals surface area contributed by atoms with Gasteiger partial charge in [0.25, 0.3) is 0 Å². The van der Waals surface area contributed by atoms with Crippen LogP contribution in [0.25, 0.3) is 0 Å². The molecule has 0 spiro atoms. The average molecular weight is 357 g/mol. The Balaban J connectivity index is 1.57. The molecule has 0 bridgehead atoms. The molecule has 27 heavy (non-hydrogen) atoms. The van der Waals surface area contributed by atoms with Gasteiger partial charge in [0.15, 0.2) is 0 Å². The standard InChI is InChI=1S/C24H23NO2/c1-14-12-17(26)8-10-19(14)21-22-23(16-6-4-3-5-7-16)25(24(21)22)20-11-9-18(27)13-15(20)2/h3-13,21-24,26-27H,1-2H3/t21?,22?,23?,24-/m1/s1. The van der Waals surface area contributed by atoms with Crippen molar-refractivity contribution in [2.75, 3.05) is 4.90 Å². The molecule has 3 unspecified atom stereocenters. The van der Waals surface area contributed by atoms with Gasteiger partial charge in [0.2, 0.25) is 0 Å². The van der Waals surface area contributed by atoms with E-state index in [0.29, 0.717) is 35.4 Å². The average Bonchev–Trinajstić information content (AvgIpc) is 3.25. The maximum Gasteiger partial charge on any atom is 0.115 e. The van der Waals surface area contributed by atoms with E-state index >= 15 is 0 Å². The maximum atomic E-state index is 9.82. The van der Waals surface area contributed by atoms with Crippen LogP contribution < -0.4 is 4.90 Å². The van der Waals surface area contributed by atoms with E-state index in [4.69, 9.17) is 0 Å². The predicted octanol–water partition coefficient (Wildman–Crippen LogP) is 5.06. The molecule has 1 saturated heterocycles. The summed E-state index contributed by atoms with van der Waals surface area (Å²) in [5, 5.41) is 19.6. The summed E-state index contributed by atoms with van der Waals surface area (Å²) in [6.45, 7) is 4.15. The summed E-state index contributed by atoms with van der Waals surface area (Å²) in [7, 11) is 0. The third kappa shape index (κ3) is 2.42. The number of fused-ring (bicyclic) bond motifs is 1. The highest BCUT2D eigenvalue weighted by Gasteiger charge is 2.69. The molecule has 5 rings (SSSR count). The van der Waals surface area contributed by atoms with Crippen molar-refractivity contribution < 1.29 is 10.2 Å². The van der Waals surface area contributed by atoms with Crippen molar-refractivity contribution in [1.29, 1.82) is 0 Å². The molecular weight excluding hydrogens is 334 g/mol. The first-order valence-corrected chi connectivity index (χ1v) is 9.48. The Bertz CT molecular complexity index is 1010. The number of hydrogen-bond donors (Lipinski definition) is 2. The molecule has 2 fully saturated rings. The maximum absolute atomic E-state index is 9.82. The zero-order valence-corrected chi connectivity index (χ0v) is 15.5. The molecule has 136 valence electrons. The number of aryl methyl sites for hydroxylation is 2. The SMILES string of the molecule is Cc1cc(O)ccc1C1C2C(c3ccccc3)N(c3ccc(O)cc3C)[C@H]12. The van der Waals surface area contributed by atoms with Gasteiger partial charge in [-0.3, -0.25) is 0 Å². The van der Waals surface area contributed by atoms with E-state index in [0.717, 1.165) is 11.1 Å². The molecule has 2 N–H and O–H groups in total. The molecule has 0 radical (unpaired) electrons. The normalized spacial score (nSPS) is 25.6. The van der Waals surface area contributed by atoms with Crippen LogP contribution in [0.15, 0.2) is 66.7 Å². The summed E-state index contributed by atoms with van der Waals surface area (Å²) in [6.07, 6.45) is 0. The van der Waals surface area contributed by atoms with Crippen LogP contribution in [0.5, 0.6) is 11.5 Å². The van der Waals surface area contributed by atoms with Crippen molar-refractivity contribution in [2.24, 2.45) is 5.92 Å². The van der Waals surface area contributed by atoms with Crippen LogP contribution in [-0.2, 0) is 0 Å². The van der Waals surface area contributed by atoms with Crippen LogP contribution in [0.4, 0.5) is 5.69 Å². The predicted molar refractivity (Wildman–Crippen MR) is 107 cm³/mol. The third-order valence-corrected chi connectivity index (χ3v) is 6.23. The number of rotatable bonds is 3. The third-order valence-electron chi connectivity index (χ3n) is 6.23. The number of anilines is 1. The van der Waals surface area contributed by atoms with Gasteiger partial charge in [0.05, 0.1) is 6.04 Å². The summed E-state index contributed by atoms with van der Waals surface area (Å²) in [5.74, 6) is 1.70. The fourth-order valence-electron chi connectivity index (χ4n) is 5.03. The first-order valence-electron chi connectivity index (χ1n) is 9.48. The monoisotopic (exact) mass is 357 g/mol. The van der Waals surface area contributed by atoms with E-state index in [9.17, 15) is 10.2 Å². The summed E-state index contributed by atoms with van der Waals surface area (Å²) in [4.78, 5) is 2.52. The minimum Gasteiger partial charge on any atom is -0.508 e. The Morgan fingerprint density at radius 2 is 1.44 bits per heavy atom.